The van der Waals surface area contributed by atoms with Gasteiger partial charge in [-0.05, 0) is 63.3 Å². The number of halogens is 2. The van der Waals surface area contributed by atoms with E-state index in [-0.39, 0.29) is 17.9 Å². The lowest BCUT2D eigenvalue weighted by molar-refractivity contribution is -0.155. The number of benzene rings is 2. The van der Waals surface area contributed by atoms with Gasteiger partial charge in [-0.2, -0.15) is 0 Å². The number of hydrogen-bond acceptors (Lipinski definition) is 7. The van der Waals surface area contributed by atoms with Gasteiger partial charge in [0, 0.05) is 34.3 Å². The van der Waals surface area contributed by atoms with Crippen molar-refractivity contribution in [3.05, 3.63) is 69.8 Å². The second-order valence-corrected chi connectivity index (χ2v) is 10.3. The fraction of sp³-hybridized carbons (Fsp3) is 0.370. The average molecular weight is 528 g/mol. The van der Waals surface area contributed by atoms with E-state index in [9.17, 15) is 4.79 Å². The Balaban J connectivity index is 1.43. The van der Waals surface area contributed by atoms with E-state index in [0.29, 0.717) is 34.6 Å². The van der Waals surface area contributed by atoms with E-state index in [1.807, 2.05) is 38.1 Å². The predicted octanol–water partition coefficient (Wildman–Crippen LogP) is 6.00. The molecule has 1 aliphatic rings. The summed E-state index contributed by atoms with van der Waals surface area (Å²) in [6.07, 6.45) is 5.83. The van der Waals surface area contributed by atoms with E-state index in [0.717, 1.165) is 42.4 Å². The van der Waals surface area contributed by atoms with Gasteiger partial charge in [-0.3, -0.25) is 10.1 Å². The molecular weight excluding hydrogens is 497 g/mol. The summed E-state index contributed by atoms with van der Waals surface area (Å²) in [6, 6.07) is 13.3. The zero-order valence-electron chi connectivity index (χ0n) is 20.5. The zero-order valence-corrected chi connectivity index (χ0v) is 22.0. The Morgan fingerprint density at radius 3 is 2.53 bits per heavy atom. The summed E-state index contributed by atoms with van der Waals surface area (Å²) in [7, 11) is 0. The van der Waals surface area contributed by atoms with Crippen LogP contribution in [0.5, 0.6) is 0 Å². The number of esters is 1. The predicted molar refractivity (Wildman–Crippen MR) is 145 cm³/mol. The molecule has 0 radical (unpaired) electrons. The molecule has 1 aliphatic carbocycles. The third-order valence-electron chi connectivity index (χ3n) is 6.34. The van der Waals surface area contributed by atoms with Gasteiger partial charge in [-0.15, -0.1) is 0 Å². The van der Waals surface area contributed by atoms with Crippen molar-refractivity contribution in [3.63, 3.8) is 0 Å². The number of nitrogen functional groups attached to an aromatic ring is 1. The summed E-state index contributed by atoms with van der Waals surface area (Å²) >= 11 is 12.6. The van der Waals surface area contributed by atoms with Crippen molar-refractivity contribution in [1.29, 1.82) is 0 Å². The van der Waals surface area contributed by atoms with Crippen molar-refractivity contribution in [1.82, 2.24) is 15.3 Å². The average Bonchev–Trinajstić information content (AvgIpc) is 3.37. The zero-order chi connectivity index (χ0) is 25.7. The van der Waals surface area contributed by atoms with E-state index in [2.05, 4.69) is 20.6 Å². The molecule has 1 heterocycles. The Morgan fingerprint density at radius 1 is 1.11 bits per heavy atom. The lowest BCUT2D eigenvalue weighted by Gasteiger charge is -2.26. The summed E-state index contributed by atoms with van der Waals surface area (Å²) in [6.45, 7) is 4.56. The van der Waals surface area contributed by atoms with Crippen molar-refractivity contribution >= 4 is 40.8 Å². The van der Waals surface area contributed by atoms with Crippen LogP contribution in [0.25, 0.3) is 11.3 Å². The third-order valence-corrected chi connectivity index (χ3v) is 7.05. The fourth-order valence-corrected chi connectivity index (χ4v) is 4.61. The molecular formula is C27H31Cl2N5O2. The smallest absolute Gasteiger partial charge is 0.326 e. The molecule has 9 heteroatoms. The van der Waals surface area contributed by atoms with Gasteiger partial charge in [-0.25, -0.2) is 9.97 Å². The standard InChI is InChI=1S/C27H31Cl2N5O2/c1-27(2,26(35)36-19-9-3-4-10-19)33-14-17-7-5-8-18(13-17)23-16-31-24(30)25(34-23)32-15-20-21(28)11-6-12-22(20)29/h5-8,11-13,16,19,33H,3-4,9-10,14-15H2,1-2H3,(H2,30,31)(H,32,34). The highest BCUT2D eigenvalue weighted by Crippen LogP contribution is 2.27. The van der Waals surface area contributed by atoms with Gasteiger partial charge in [0.05, 0.1) is 11.9 Å². The van der Waals surface area contributed by atoms with Crippen LogP contribution >= 0.6 is 23.2 Å². The molecule has 4 N–H and O–H groups in total. The quantitative estimate of drug-likeness (QED) is 0.293. The summed E-state index contributed by atoms with van der Waals surface area (Å²) in [5, 5.41) is 7.65. The van der Waals surface area contributed by atoms with Crippen LogP contribution in [0.1, 0.15) is 50.7 Å². The van der Waals surface area contributed by atoms with Crippen LogP contribution in [0.15, 0.2) is 48.7 Å². The summed E-state index contributed by atoms with van der Waals surface area (Å²) in [5.74, 6) is 0.509. The van der Waals surface area contributed by atoms with Gasteiger partial charge in [0.25, 0.3) is 0 Å². The highest BCUT2D eigenvalue weighted by atomic mass is 35.5. The number of anilines is 2. The van der Waals surface area contributed by atoms with Crippen LogP contribution in [-0.4, -0.2) is 27.6 Å². The number of hydrogen-bond donors (Lipinski definition) is 3. The first-order chi connectivity index (χ1) is 17.2. The minimum Gasteiger partial charge on any atom is -0.461 e. The van der Waals surface area contributed by atoms with Crippen LogP contribution in [0.2, 0.25) is 10.0 Å². The largest absolute Gasteiger partial charge is 0.461 e. The van der Waals surface area contributed by atoms with Crippen molar-refractivity contribution in [2.24, 2.45) is 0 Å². The Labute approximate surface area is 221 Å². The molecule has 0 saturated heterocycles. The summed E-state index contributed by atoms with van der Waals surface area (Å²) < 4.78 is 5.70. The number of nitrogens with zero attached hydrogens (tertiary/aromatic N) is 2. The molecule has 0 bridgehead atoms. The second kappa shape index (κ2) is 11.5. The molecule has 0 amide bonds. The fourth-order valence-electron chi connectivity index (χ4n) is 4.08. The number of carbonyl (C=O) groups excluding carboxylic acids is 1. The third kappa shape index (κ3) is 6.46. The summed E-state index contributed by atoms with van der Waals surface area (Å²) in [5.41, 5.74) is 8.58. The van der Waals surface area contributed by atoms with Crippen molar-refractivity contribution < 1.29 is 9.53 Å². The lowest BCUT2D eigenvalue weighted by atomic mass is 10.0. The van der Waals surface area contributed by atoms with E-state index < -0.39 is 5.54 Å². The lowest BCUT2D eigenvalue weighted by Crippen LogP contribution is -2.48. The van der Waals surface area contributed by atoms with E-state index in [1.54, 1.807) is 24.4 Å². The van der Waals surface area contributed by atoms with Gasteiger partial charge < -0.3 is 15.8 Å². The molecule has 4 rings (SSSR count). The van der Waals surface area contributed by atoms with Gasteiger partial charge >= 0.3 is 5.97 Å². The maximum Gasteiger partial charge on any atom is 0.326 e. The minimum atomic E-state index is -0.795. The highest BCUT2D eigenvalue weighted by molar-refractivity contribution is 6.36. The molecule has 0 spiro atoms. The van der Waals surface area contributed by atoms with E-state index in [4.69, 9.17) is 33.7 Å². The van der Waals surface area contributed by atoms with Crippen LogP contribution in [0.4, 0.5) is 11.6 Å². The number of ether oxygens (including phenoxy) is 1. The van der Waals surface area contributed by atoms with E-state index >= 15 is 0 Å². The first kappa shape index (κ1) is 26.2. The van der Waals surface area contributed by atoms with E-state index in [1.165, 1.54) is 0 Å². The van der Waals surface area contributed by atoms with Gasteiger partial charge in [0.2, 0.25) is 0 Å². The molecule has 190 valence electrons. The monoisotopic (exact) mass is 527 g/mol. The van der Waals surface area contributed by atoms with Crippen LogP contribution in [-0.2, 0) is 22.6 Å². The van der Waals surface area contributed by atoms with Crippen LogP contribution in [0.3, 0.4) is 0 Å². The molecule has 7 nitrogen and oxygen atoms in total. The maximum atomic E-state index is 12.7. The molecule has 36 heavy (non-hydrogen) atoms. The molecule has 1 fully saturated rings. The Morgan fingerprint density at radius 2 is 1.81 bits per heavy atom. The number of aromatic nitrogens is 2. The van der Waals surface area contributed by atoms with Crippen LogP contribution in [0, 0.1) is 0 Å². The van der Waals surface area contributed by atoms with Crippen LogP contribution < -0.4 is 16.4 Å². The molecule has 0 atom stereocenters. The van der Waals surface area contributed by atoms with Crippen molar-refractivity contribution in [3.8, 4) is 11.3 Å². The highest BCUT2D eigenvalue weighted by Gasteiger charge is 2.31. The molecule has 0 unspecified atom stereocenters. The maximum absolute atomic E-state index is 12.7. The first-order valence-electron chi connectivity index (χ1n) is 12.1. The van der Waals surface area contributed by atoms with Gasteiger partial charge in [-0.1, -0.05) is 47.5 Å². The number of nitrogens with two attached hydrogens (primary N) is 1. The Hall–Kier alpha value is -2.87. The first-order valence-corrected chi connectivity index (χ1v) is 12.8. The Kier molecular flexibility index (Phi) is 8.34. The summed E-state index contributed by atoms with van der Waals surface area (Å²) in [4.78, 5) is 21.7. The molecule has 2 aromatic carbocycles. The molecule has 3 aromatic rings. The number of rotatable bonds is 9. The topological polar surface area (TPSA) is 102 Å². The van der Waals surface area contributed by atoms with Crippen molar-refractivity contribution in [2.45, 2.75) is 64.3 Å². The SMILES string of the molecule is CC(C)(NCc1cccc(-c2cnc(N)c(NCc3c(Cl)cccc3Cl)n2)c1)C(=O)OC1CCCC1. The second-order valence-electron chi connectivity index (χ2n) is 9.53. The van der Waals surface area contributed by atoms with Crippen molar-refractivity contribution in [2.75, 3.05) is 11.1 Å². The number of carbonyl (C=O) groups is 1. The number of nitrogens with one attached hydrogen (secondary N) is 2. The normalized spacial score (nSPS) is 14.1. The van der Waals surface area contributed by atoms with Gasteiger partial charge in [0.1, 0.15) is 11.6 Å². The minimum absolute atomic E-state index is 0.0442. The molecule has 0 aliphatic heterocycles. The molecule has 1 aromatic heterocycles. The van der Waals surface area contributed by atoms with Gasteiger partial charge in [0.15, 0.2) is 11.6 Å². The molecule has 1 saturated carbocycles. The Bertz CT molecular complexity index is 1210.